The molecule has 0 saturated heterocycles. The number of carbonyl (C=O) groups is 2. The lowest BCUT2D eigenvalue weighted by Crippen LogP contribution is -2.51. The molecule has 0 bridgehead atoms. The fraction of sp³-hybridized carbons (Fsp3) is 0.333. The van der Waals surface area contributed by atoms with Crippen molar-refractivity contribution in [2.75, 3.05) is 11.9 Å². The highest BCUT2D eigenvalue weighted by atomic mass is 16.4. The zero-order chi connectivity index (χ0) is 13.7. The summed E-state index contributed by atoms with van der Waals surface area (Å²) in [6, 6.07) is 6.86. The van der Waals surface area contributed by atoms with E-state index in [1.165, 1.54) is 18.9 Å². The average molecular weight is 252 g/mol. The number of carboxylic acid groups (broad SMARTS) is 1. The standard InChI is InChI=1S/C12H16N2O4/c1-8(15)10(11(16)17)13-12(18)14(2)9-6-4-3-5-7-9/h3-8,10,15H,1-2H3,(H,13,18)(H,16,17). The Kier molecular flexibility index (Phi) is 4.67. The van der Waals surface area contributed by atoms with Gasteiger partial charge in [-0.25, -0.2) is 9.59 Å². The van der Waals surface area contributed by atoms with Gasteiger partial charge in [0.05, 0.1) is 6.10 Å². The molecule has 0 spiro atoms. The molecule has 1 rings (SSSR count). The topological polar surface area (TPSA) is 89.9 Å². The van der Waals surface area contributed by atoms with E-state index in [1.807, 2.05) is 6.07 Å². The van der Waals surface area contributed by atoms with Crippen LogP contribution in [0.4, 0.5) is 10.5 Å². The molecule has 3 N–H and O–H groups in total. The Morgan fingerprint density at radius 3 is 2.28 bits per heavy atom. The van der Waals surface area contributed by atoms with Crippen LogP contribution in [0.5, 0.6) is 0 Å². The molecule has 0 saturated carbocycles. The maximum absolute atomic E-state index is 11.8. The van der Waals surface area contributed by atoms with Crippen molar-refractivity contribution in [3.63, 3.8) is 0 Å². The highest BCUT2D eigenvalue weighted by Crippen LogP contribution is 2.11. The van der Waals surface area contributed by atoms with Crippen LogP contribution in [0.1, 0.15) is 6.92 Å². The Balaban J connectivity index is 2.73. The maximum atomic E-state index is 11.8. The van der Waals surface area contributed by atoms with Crippen molar-refractivity contribution >= 4 is 17.7 Å². The number of urea groups is 1. The van der Waals surface area contributed by atoms with E-state index in [4.69, 9.17) is 5.11 Å². The van der Waals surface area contributed by atoms with Crippen LogP contribution in [0.25, 0.3) is 0 Å². The van der Waals surface area contributed by atoms with Crippen molar-refractivity contribution in [1.29, 1.82) is 0 Å². The van der Waals surface area contributed by atoms with Crippen LogP contribution in [-0.4, -0.2) is 41.4 Å². The molecule has 18 heavy (non-hydrogen) atoms. The Morgan fingerprint density at radius 1 is 1.28 bits per heavy atom. The van der Waals surface area contributed by atoms with E-state index in [2.05, 4.69) is 5.32 Å². The second kappa shape index (κ2) is 6.02. The predicted molar refractivity (Wildman–Crippen MR) is 66.5 cm³/mol. The molecule has 0 aliphatic carbocycles. The van der Waals surface area contributed by atoms with E-state index < -0.39 is 24.1 Å². The summed E-state index contributed by atoms with van der Waals surface area (Å²) in [6.45, 7) is 1.31. The van der Waals surface area contributed by atoms with Crippen molar-refractivity contribution in [2.24, 2.45) is 0 Å². The van der Waals surface area contributed by atoms with E-state index in [1.54, 1.807) is 24.3 Å². The highest BCUT2D eigenvalue weighted by Gasteiger charge is 2.26. The number of aliphatic hydroxyl groups excluding tert-OH is 1. The second-order valence-corrected chi connectivity index (χ2v) is 3.90. The highest BCUT2D eigenvalue weighted by molar-refractivity contribution is 5.94. The number of nitrogens with one attached hydrogen (secondary N) is 1. The van der Waals surface area contributed by atoms with Crippen molar-refractivity contribution in [1.82, 2.24) is 5.32 Å². The number of hydrogen-bond acceptors (Lipinski definition) is 3. The summed E-state index contributed by atoms with van der Waals surface area (Å²) in [5, 5.41) is 20.4. The largest absolute Gasteiger partial charge is 0.480 e. The van der Waals surface area contributed by atoms with Gasteiger partial charge in [0.15, 0.2) is 6.04 Å². The van der Waals surface area contributed by atoms with Gasteiger partial charge < -0.3 is 15.5 Å². The predicted octanol–water partition coefficient (Wildman–Crippen LogP) is 0.666. The number of aliphatic carboxylic acids is 1. The average Bonchev–Trinajstić information content (AvgIpc) is 2.35. The molecule has 2 amide bonds. The molecule has 0 fully saturated rings. The molecule has 2 unspecified atom stereocenters. The number of hydrogen-bond donors (Lipinski definition) is 3. The minimum Gasteiger partial charge on any atom is -0.480 e. The molecule has 98 valence electrons. The van der Waals surface area contributed by atoms with Gasteiger partial charge in [-0.2, -0.15) is 0 Å². The smallest absolute Gasteiger partial charge is 0.328 e. The first kappa shape index (κ1) is 14.0. The molecule has 6 nitrogen and oxygen atoms in total. The van der Waals surface area contributed by atoms with E-state index in [-0.39, 0.29) is 0 Å². The van der Waals surface area contributed by atoms with Crippen molar-refractivity contribution in [3.05, 3.63) is 30.3 Å². The lowest BCUT2D eigenvalue weighted by molar-refractivity contribution is -0.141. The van der Waals surface area contributed by atoms with Gasteiger partial charge in [0.25, 0.3) is 0 Å². The van der Waals surface area contributed by atoms with Crippen LogP contribution in [-0.2, 0) is 4.79 Å². The van der Waals surface area contributed by atoms with E-state index >= 15 is 0 Å². The summed E-state index contributed by atoms with van der Waals surface area (Å²) in [7, 11) is 1.52. The monoisotopic (exact) mass is 252 g/mol. The number of rotatable bonds is 4. The van der Waals surface area contributed by atoms with E-state index in [9.17, 15) is 14.7 Å². The number of nitrogens with zero attached hydrogens (tertiary/aromatic N) is 1. The SMILES string of the molecule is CC(O)C(NC(=O)N(C)c1ccccc1)C(=O)O. The van der Waals surface area contributed by atoms with Crippen LogP contribution < -0.4 is 10.2 Å². The molecule has 1 aromatic rings. The Hall–Kier alpha value is -2.08. The number of aliphatic hydroxyl groups is 1. The van der Waals surface area contributed by atoms with Gasteiger partial charge in [-0.1, -0.05) is 18.2 Å². The summed E-state index contributed by atoms with van der Waals surface area (Å²) in [5.74, 6) is -1.28. The molecule has 0 radical (unpaired) electrons. The summed E-state index contributed by atoms with van der Waals surface area (Å²) in [4.78, 5) is 23.9. The molecule has 6 heteroatoms. The first-order chi connectivity index (χ1) is 8.43. The van der Waals surface area contributed by atoms with Crippen molar-refractivity contribution < 1.29 is 19.8 Å². The normalized spacial score (nSPS) is 13.5. The van der Waals surface area contributed by atoms with Crippen LogP contribution in [0, 0.1) is 0 Å². The van der Waals surface area contributed by atoms with Gasteiger partial charge >= 0.3 is 12.0 Å². The van der Waals surface area contributed by atoms with Gasteiger partial charge in [-0.05, 0) is 19.1 Å². The Bertz CT molecular complexity index is 419. The minimum atomic E-state index is -1.33. The summed E-state index contributed by atoms with van der Waals surface area (Å²) < 4.78 is 0. The van der Waals surface area contributed by atoms with Gasteiger partial charge in [-0.15, -0.1) is 0 Å². The van der Waals surface area contributed by atoms with Gasteiger partial charge in [0.2, 0.25) is 0 Å². The third-order valence-corrected chi connectivity index (χ3v) is 2.48. The number of para-hydroxylation sites is 1. The quantitative estimate of drug-likeness (QED) is 0.734. The van der Waals surface area contributed by atoms with Gasteiger partial charge in [0.1, 0.15) is 0 Å². The Morgan fingerprint density at radius 2 is 1.83 bits per heavy atom. The summed E-state index contributed by atoms with van der Waals surface area (Å²) >= 11 is 0. The summed E-state index contributed by atoms with van der Waals surface area (Å²) in [6.07, 6.45) is -1.17. The molecule has 0 heterocycles. The molecule has 0 aliphatic rings. The molecule has 1 aromatic carbocycles. The third-order valence-electron chi connectivity index (χ3n) is 2.48. The fourth-order valence-electron chi connectivity index (χ4n) is 1.39. The molecular weight excluding hydrogens is 236 g/mol. The fourth-order valence-corrected chi connectivity index (χ4v) is 1.39. The lowest BCUT2D eigenvalue weighted by Gasteiger charge is -2.22. The Labute approximate surface area is 105 Å². The van der Waals surface area contributed by atoms with Gasteiger partial charge in [0, 0.05) is 12.7 Å². The zero-order valence-electron chi connectivity index (χ0n) is 10.2. The van der Waals surface area contributed by atoms with E-state index in [0.29, 0.717) is 5.69 Å². The summed E-state index contributed by atoms with van der Waals surface area (Å²) in [5.41, 5.74) is 0.629. The van der Waals surface area contributed by atoms with Crippen LogP contribution >= 0.6 is 0 Å². The number of carboxylic acids is 1. The first-order valence-electron chi connectivity index (χ1n) is 5.43. The zero-order valence-corrected chi connectivity index (χ0v) is 10.2. The van der Waals surface area contributed by atoms with E-state index in [0.717, 1.165) is 0 Å². The van der Waals surface area contributed by atoms with Gasteiger partial charge in [-0.3, -0.25) is 4.90 Å². The molecule has 2 atom stereocenters. The second-order valence-electron chi connectivity index (χ2n) is 3.90. The van der Waals surface area contributed by atoms with Crippen LogP contribution in [0.2, 0.25) is 0 Å². The minimum absolute atomic E-state index is 0.588. The number of amides is 2. The van der Waals surface area contributed by atoms with Crippen LogP contribution in [0.15, 0.2) is 30.3 Å². The van der Waals surface area contributed by atoms with Crippen molar-refractivity contribution in [2.45, 2.75) is 19.1 Å². The number of benzene rings is 1. The lowest BCUT2D eigenvalue weighted by atomic mass is 10.2. The maximum Gasteiger partial charge on any atom is 0.328 e. The first-order valence-corrected chi connectivity index (χ1v) is 5.43. The number of anilines is 1. The molecular formula is C12H16N2O4. The molecule has 0 aromatic heterocycles. The number of carbonyl (C=O) groups excluding carboxylic acids is 1. The third kappa shape index (κ3) is 3.46. The molecule has 0 aliphatic heterocycles. The van der Waals surface area contributed by atoms with Crippen molar-refractivity contribution in [3.8, 4) is 0 Å². The van der Waals surface area contributed by atoms with Crippen LogP contribution in [0.3, 0.4) is 0 Å².